The largest absolute Gasteiger partial charge is 0.462 e. The molecule has 0 aliphatic rings. The van der Waals surface area contributed by atoms with Crippen molar-refractivity contribution in [3.63, 3.8) is 0 Å². The summed E-state index contributed by atoms with van der Waals surface area (Å²) >= 11 is 0. The number of esters is 1. The zero-order valence-corrected chi connectivity index (χ0v) is 13.1. The quantitative estimate of drug-likeness (QED) is 0.877. The molecule has 0 aliphatic carbocycles. The zero-order valence-electron chi connectivity index (χ0n) is 13.1. The molecule has 0 spiro atoms. The van der Waals surface area contributed by atoms with Crippen LogP contribution in [0.15, 0.2) is 23.1 Å². The second-order valence-corrected chi connectivity index (χ2v) is 4.88. The lowest BCUT2D eigenvalue weighted by molar-refractivity contribution is -0.114. The number of aromatic nitrogens is 1. The third kappa shape index (κ3) is 3.08. The summed E-state index contributed by atoms with van der Waals surface area (Å²) in [6.45, 7) is 5.11. The highest BCUT2D eigenvalue weighted by Gasteiger charge is 2.20. The second kappa shape index (κ2) is 6.60. The van der Waals surface area contributed by atoms with Crippen molar-refractivity contribution in [1.29, 1.82) is 0 Å². The molecule has 1 N–H and O–H groups in total. The number of aryl methyl sites for hydroxylation is 1. The Bertz CT molecular complexity index is 842. The summed E-state index contributed by atoms with van der Waals surface area (Å²) in [7, 11) is 0. The van der Waals surface area contributed by atoms with Crippen LogP contribution in [0.25, 0.3) is 10.9 Å². The number of nitrogens with zero attached hydrogens (tertiary/aromatic N) is 1. The fraction of sp³-hybridized carbons (Fsp3) is 0.312. The van der Waals surface area contributed by atoms with Crippen LogP contribution in [0, 0.1) is 5.82 Å². The predicted octanol–water partition coefficient (Wildman–Crippen LogP) is 2.30. The maximum atomic E-state index is 14.2. The van der Waals surface area contributed by atoms with E-state index in [-0.39, 0.29) is 28.8 Å². The van der Waals surface area contributed by atoms with Crippen LogP contribution in [0.1, 0.15) is 31.1 Å². The lowest BCUT2D eigenvalue weighted by atomic mass is 10.1. The molecule has 7 heteroatoms. The zero-order chi connectivity index (χ0) is 17.1. The molecule has 0 aliphatic heterocycles. The summed E-state index contributed by atoms with van der Waals surface area (Å²) in [5, 5.41) is 2.45. The van der Waals surface area contributed by atoms with Crippen LogP contribution in [0.5, 0.6) is 0 Å². The number of benzene rings is 1. The van der Waals surface area contributed by atoms with Crippen molar-refractivity contribution in [2.45, 2.75) is 27.3 Å². The number of anilines is 1. The van der Waals surface area contributed by atoms with Gasteiger partial charge in [0.1, 0.15) is 11.4 Å². The Morgan fingerprint density at radius 1 is 1.30 bits per heavy atom. The van der Waals surface area contributed by atoms with E-state index in [1.807, 2.05) is 0 Å². The Balaban J connectivity index is 2.89. The first-order valence-electron chi connectivity index (χ1n) is 7.21. The maximum Gasteiger partial charge on any atom is 0.343 e. The Labute approximate surface area is 131 Å². The molecule has 0 fully saturated rings. The minimum absolute atomic E-state index is 0.0387. The molecular weight excluding hydrogens is 303 g/mol. The van der Waals surface area contributed by atoms with Crippen molar-refractivity contribution in [2.24, 2.45) is 0 Å². The molecule has 1 aromatic carbocycles. The van der Waals surface area contributed by atoms with Crippen molar-refractivity contribution >= 4 is 28.5 Å². The van der Waals surface area contributed by atoms with Gasteiger partial charge in [-0.05, 0) is 26.0 Å². The van der Waals surface area contributed by atoms with E-state index in [1.54, 1.807) is 13.8 Å². The van der Waals surface area contributed by atoms with Crippen LogP contribution in [0.3, 0.4) is 0 Å². The van der Waals surface area contributed by atoms with Gasteiger partial charge in [0, 0.05) is 19.7 Å². The summed E-state index contributed by atoms with van der Waals surface area (Å²) < 4.78 is 20.5. The Morgan fingerprint density at radius 2 is 2.00 bits per heavy atom. The van der Waals surface area contributed by atoms with Crippen molar-refractivity contribution in [3.05, 3.63) is 39.9 Å². The van der Waals surface area contributed by atoms with Crippen molar-refractivity contribution in [3.8, 4) is 0 Å². The third-order valence-electron chi connectivity index (χ3n) is 3.32. The molecule has 1 amide bonds. The van der Waals surface area contributed by atoms with Gasteiger partial charge in [-0.1, -0.05) is 0 Å². The average molecular weight is 320 g/mol. The first-order valence-corrected chi connectivity index (χ1v) is 7.21. The van der Waals surface area contributed by atoms with Crippen LogP contribution in [0.2, 0.25) is 0 Å². The van der Waals surface area contributed by atoms with Gasteiger partial charge in [0.2, 0.25) is 11.3 Å². The molecule has 0 bridgehead atoms. The van der Waals surface area contributed by atoms with Crippen LogP contribution in [0.4, 0.5) is 10.1 Å². The minimum Gasteiger partial charge on any atom is -0.462 e. The molecule has 122 valence electrons. The highest BCUT2D eigenvalue weighted by Crippen LogP contribution is 2.24. The van der Waals surface area contributed by atoms with Crippen LogP contribution >= 0.6 is 0 Å². The number of pyridine rings is 1. The molecule has 0 radical (unpaired) electrons. The Hall–Kier alpha value is -2.70. The molecule has 0 unspecified atom stereocenters. The monoisotopic (exact) mass is 320 g/mol. The van der Waals surface area contributed by atoms with E-state index in [1.165, 1.54) is 29.8 Å². The summed E-state index contributed by atoms with van der Waals surface area (Å²) in [6.07, 6.45) is 1.28. The SMILES string of the molecule is CCOC(=O)c1cn(CC)c2c(F)ccc(NC(C)=O)c2c1=O. The summed E-state index contributed by atoms with van der Waals surface area (Å²) in [4.78, 5) is 35.9. The molecule has 2 rings (SSSR count). The van der Waals surface area contributed by atoms with E-state index in [2.05, 4.69) is 5.32 Å². The number of rotatable bonds is 4. The minimum atomic E-state index is -0.778. The first-order chi connectivity index (χ1) is 10.9. The van der Waals surface area contributed by atoms with Gasteiger partial charge in [-0.25, -0.2) is 9.18 Å². The molecule has 0 atom stereocenters. The van der Waals surface area contributed by atoms with Gasteiger partial charge in [0.15, 0.2) is 0 Å². The van der Waals surface area contributed by atoms with Gasteiger partial charge in [-0.2, -0.15) is 0 Å². The van der Waals surface area contributed by atoms with Gasteiger partial charge < -0.3 is 14.6 Å². The number of hydrogen-bond donors (Lipinski definition) is 1. The topological polar surface area (TPSA) is 77.4 Å². The number of ether oxygens (including phenoxy) is 1. The van der Waals surface area contributed by atoms with E-state index in [0.717, 1.165) is 0 Å². The highest BCUT2D eigenvalue weighted by molar-refractivity contribution is 6.03. The third-order valence-corrected chi connectivity index (χ3v) is 3.32. The van der Waals surface area contributed by atoms with Gasteiger partial charge >= 0.3 is 5.97 Å². The van der Waals surface area contributed by atoms with E-state index < -0.39 is 23.1 Å². The van der Waals surface area contributed by atoms with E-state index >= 15 is 0 Å². The summed E-state index contributed by atoms with van der Waals surface area (Å²) in [5.41, 5.74) is -0.672. The average Bonchev–Trinajstić information content (AvgIpc) is 2.50. The van der Waals surface area contributed by atoms with Crippen molar-refractivity contribution in [1.82, 2.24) is 4.57 Å². The second-order valence-electron chi connectivity index (χ2n) is 4.88. The smallest absolute Gasteiger partial charge is 0.343 e. The molecule has 0 saturated heterocycles. The highest BCUT2D eigenvalue weighted by atomic mass is 19.1. The standard InChI is InChI=1S/C16H17FN2O4/c1-4-19-8-10(16(22)23-5-2)15(21)13-12(18-9(3)20)7-6-11(17)14(13)19/h6-8H,4-5H2,1-3H3,(H,18,20). The lowest BCUT2D eigenvalue weighted by Crippen LogP contribution is -2.22. The number of fused-ring (bicyclic) bond motifs is 1. The molecular formula is C16H17FN2O4. The molecule has 2 aromatic rings. The van der Waals surface area contributed by atoms with Crippen LogP contribution in [-0.4, -0.2) is 23.1 Å². The van der Waals surface area contributed by atoms with E-state index in [4.69, 9.17) is 4.74 Å². The number of hydrogen-bond acceptors (Lipinski definition) is 4. The Kier molecular flexibility index (Phi) is 4.78. The maximum absolute atomic E-state index is 14.2. The lowest BCUT2D eigenvalue weighted by Gasteiger charge is -2.14. The number of carbonyl (C=O) groups is 2. The molecule has 23 heavy (non-hydrogen) atoms. The number of halogens is 1. The molecule has 1 heterocycles. The Morgan fingerprint density at radius 3 is 2.57 bits per heavy atom. The van der Waals surface area contributed by atoms with Crippen LogP contribution < -0.4 is 10.7 Å². The van der Waals surface area contributed by atoms with Crippen molar-refractivity contribution < 1.29 is 18.7 Å². The van der Waals surface area contributed by atoms with E-state index in [0.29, 0.717) is 6.54 Å². The molecule has 1 aromatic heterocycles. The molecule has 0 saturated carbocycles. The van der Waals surface area contributed by atoms with Gasteiger partial charge in [0.25, 0.3) is 0 Å². The number of amides is 1. The predicted molar refractivity (Wildman–Crippen MR) is 84.1 cm³/mol. The normalized spacial score (nSPS) is 10.6. The summed E-state index contributed by atoms with van der Waals surface area (Å²) in [6, 6.07) is 2.47. The van der Waals surface area contributed by atoms with Gasteiger partial charge in [-0.15, -0.1) is 0 Å². The van der Waals surface area contributed by atoms with E-state index in [9.17, 15) is 18.8 Å². The van der Waals surface area contributed by atoms with Crippen LogP contribution in [-0.2, 0) is 16.1 Å². The number of nitrogens with one attached hydrogen (secondary N) is 1. The van der Waals surface area contributed by atoms with Gasteiger partial charge in [0.05, 0.1) is 23.2 Å². The fourth-order valence-electron chi connectivity index (χ4n) is 2.39. The first kappa shape index (κ1) is 16.7. The van der Waals surface area contributed by atoms with Crippen molar-refractivity contribution in [2.75, 3.05) is 11.9 Å². The molecule has 6 nitrogen and oxygen atoms in total. The van der Waals surface area contributed by atoms with Gasteiger partial charge in [-0.3, -0.25) is 9.59 Å². The number of carbonyl (C=O) groups excluding carboxylic acids is 2. The fourth-order valence-corrected chi connectivity index (χ4v) is 2.39. The summed E-state index contributed by atoms with van der Waals surface area (Å²) in [5.74, 6) is -1.79.